The Morgan fingerprint density at radius 1 is 1.25 bits per heavy atom. The number of carbonyl (C=O) groups is 1. The molecule has 0 bridgehead atoms. The maximum absolute atomic E-state index is 13.2. The summed E-state index contributed by atoms with van der Waals surface area (Å²) in [5.74, 6) is -0.165. The largest absolute Gasteiger partial charge is 0.381 e. The van der Waals surface area contributed by atoms with Crippen LogP contribution >= 0.6 is 23.7 Å². The van der Waals surface area contributed by atoms with Crippen molar-refractivity contribution in [3.8, 4) is 10.6 Å². The zero-order valence-corrected chi connectivity index (χ0v) is 17.2. The number of carbonyl (C=O) groups excluding carboxylic acids is 1. The molecule has 1 aliphatic carbocycles. The van der Waals surface area contributed by atoms with Crippen molar-refractivity contribution < 1.29 is 13.9 Å². The molecule has 1 aromatic carbocycles. The fourth-order valence-electron chi connectivity index (χ4n) is 3.83. The van der Waals surface area contributed by atoms with Crippen LogP contribution in [0.4, 0.5) is 4.39 Å². The van der Waals surface area contributed by atoms with Crippen molar-refractivity contribution in [2.24, 2.45) is 11.7 Å². The summed E-state index contributed by atoms with van der Waals surface area (Å²) >= 11 is 1.58. The number of hydrogen-bond donors (Lipinski definition) is 2. The Morgan fingerprint density at radius 3 is 2.68 bits per heavy atom. The summed E-state index contributed by atoms with van der Waals surface area (Å²) in [5, 5.41) is 4.02. The van der Waals surface area contributed by atoms with Crippen LogP contribution in [0.2, 0.25) is 0 Å². The molecule has 28 heavy (non-hydrogen) atoms. The molecule has 0 radical (unpaired) electrons. The molecule has 2 heterocycles. The third-order valence-corrected chi connectivity index (χ3v) is 6.70. The summed E-state index contributed by atoms with van der Waals surface area (Å²) in [6.45, 7) is 1.35. The summed E-state index contributed by atoms with van der Waals surface area (Å²) in [4.78, 5) is 18.5. The van der Waals surface area contributed by atoms with Crippen molar-refractivity contribution in [3.63, 3.8) is 0 Å². The van der Waals surface area contributed by atoms with Gasteiger partial charge in [0.05, 0.1) is 22.7 Å². The quantitative estimate of drug-likeness (QED) is 0.784. The van der Waals surface area contributed by atoms with E-state index in [1.807, 2.05) is 0 Å². The van der Waals surface area contributed by atoms with Gasteiger partial charge in [-0.15, -0.1) is 23.7 Å². The minimum Gasteiger partial charge on any atom is -0.381 e. The van der Waals surface area contributed by atoms with Crippen LogP contribution in [0.15, 0.2) is 24.3 Å². The van der Waals surface area contributed by atoms with Gasteiger partial charge in [-0.2, -0.15) is 0 Å². The molecule has 0 spiro atoms. The van der Waals surface area contributed by atoms with E-state index in [0.717, 1.165) is 53.2 Å². The van der Waals surface area contributed by atoms with Gasteiger partial charge in [0.15, 0.2) is 0 Å². The number of ether oxygens (including phenoxy) is 1. The number of nitrogens with one attached hydrogen (secondary N) is 1. The molecular weight excluding hydrogens is 401 g/mol. The Labute approximate surface area is 174 Å². The summed E-state index contributed by atoms with van der Waals surface area (Å²) in [6, 6.07) is 5.84. The Hall–Kier alpha value is -1.54. The normalized spacial score (nSPS) is 20.7. The first-order chi connectivity index (χ1) is 13.1. The van der Waals surface area contributed by atoms with E-state index < -0.39 is 6.04 Å². The number of rotatable bonds is 4. The molecule has 3 N–H and O–H groups in total. The van der Waals surface area contributed by atoms with Crippen LogP contribution < -0.4 is 11.1 Å². The SMILES string of the molecule is Cl.NC(C(=O)NC1CCCc2nc(-c3ccc(F)cc3)sc21)C1CCOCC1. The molecule has 4 rings (SSSR count). The smallest absolute Gasteiger partial charge is 0.237 e. The molecule has 1 saturated heterocycles. The predicted molar refractivity (Wildman–Crippen MR) is 110 cm³/mol. The summed E-state index contributed by atoms with van der Waals surface area (Å²) in [7, 11) is 0. The number of aryl methyl sites for hydroxylation is 1. The summed E-state index contributed by atoms with van der Waals surface area (Å²) in [5.41, 5.74) is 8.16. The number of fused-ring (bicyclic) bond motifs is 1. The third kappa shape index (κ3) is 4.54. The fraction of sp³-hybridized carbons (Fsp3) is 0.500. The van der Waals surface area contributed by atoms with Crippen LogP contribution in [0.5, 0.6) is 0 Å². The van der Waals surface area contributed by atoms with Gasteiger partial charge in [-0.3, -0.25) is 4.79 Å². The number of hydrogen-bond acceptors (Lipinski definition) is 5. The fourth-order valence-corrected chi connectivity index (χ4v) is 5.03. The number of benzene rings is 1. The van der Waals surface area contributed by atoms with E-state index in [0.29, 0.717) is 13.2 Å². The molecule has 1 fully saturated rings. The van der Waals surface area contributed by atoms with Gasteiger partial charge in [-0.25, -0.2) is 9.37 Å². The number of aromatic nitrogens is 1. The van der Waals surface area contributed by atoms with E-state index in [4.69, 9.17) is 15.5 Å². The highest BCUT2D eigenvalue weighted by Crippen LogP contribution is 2.38. The number of halogens is 2. The van der Waals surface area contributed by atoms with Crippen molar-refractivity contribution in [1.29, 1.82) is 0 Å². The van der Waals surface area contributed by atoms with Crippen molar-refractivity contribution in [2.75, 3.05) is 13.2 Å². The zero-order valence-electron chi connectivity index (χ0n) is 15.5. The van der Waals surface area contributed by atoms with E-state index in [-0.39, 0.29) is 36.1 Å². The highest BCUT2D eigenvalue weighted by Gasteiger charge is 2.31. The third-order valence-electron chi connectivity index (χ3n) is 5.43. The Morgan fingerprint density at radius 2 is 1.96 bits per heavy atom. The van der Waals surface area contributed by atoms with Gasteiger partial charge >= 0.3 is 0 Å². The Kier molecular flexibility index (Phi) is 7.04. The van der Waals surface area contributed by atoms with Crippen molar-refractivity contribution in [3.05, 3.63) is 40.7 Å². The van der Waals surface area contributed by atoms with Crippen LogP contribution in [-0.4, -0.2) is 30.1 Å². The van der Waals surface area contributed by atoms with Crippen molar-refractivity contribution >= 4 is 29.7 Å². The zero-order chi connectivity index (χ0) is 18.8. The van der Waals surface area contributed by atoms with E-state index in [2.05, 4.69) is 5.32 Å². The summed E-state index contributed by atoms with van der Waals surface area (Å²) < 4.78 is 18.5. The molecule has 2 aliphatic rings. The van der Waals surface area contributed by atoms with Crippen molar-refractivity contribution in [2.45, 2.75) is 44.2 Å². The second kappa shape index (κ2) is 9.31. The summed E-state index contributed by atoms with van der Waals surface area (Å²) in [6.07, 6.45) is 4.45. The minimum absolute atomic E-state index is 0. The van der Waals surface area contributed by atoms with Gasteiger partial charge in [0.25, 0.3) is 0 Å². The topological polar surface area (TPSA) is 77.2 Å². The van der Waals surface area contributed by atoms with Gasteiger partial charge in [-0.05, 0) is 62.3 Å². The molecule has 8 heteroatoms. The Balaban J connectivity index is 0.00000225. The second-order valence-electron chi connectivity index (χ2n) is 7.27. The van der Waals surface area contributed by atoms with E-state index in [9.17, 15) is 9.18 Å². The molecule has 2 unspecified atom stereocenters. The number of amides is 1. The molecule has 152 valence electrons. The van der Waals surface area contributed by atoms with E-state index in [1.54, 1.807) is 23.5 Å². The van der Waals surface area contributed by atoms with Gasteiger partial charge in [0, 0.05) is 18.8 Å². The standard InChI is InChI=1S/C20H24FN3O2S.ClH/c21-14-6-4-13(5-7-14)20-24-16-3-1-2-15(18(16)27-20)23-19(25)17(22)12-8-10-26-11-9-12;/h4-7,12,15,17H,1-3,8-11,22H2,(H,23,25);1H. The lowest BCUT2D eigenvalue weighted by atomic mass is 9.91. The molecule has 1 aromatic heterocycles. The molecule has 5 nitrogen and oxygen atoms in total. The van der Waals surface area contributed by atoms with Crippen molar-refractivity contribution in [1.82, 2.24) is 10.3 Å². The van der Waals surface area contributed by atoms with Gasteiger partial charge in [0.1, 0.15) is 10.8 Å². The first kappa shape index (κ1) is 21.2. The first-order valence-electron chi connectivity index (χ1n) is 9.51. The van der Waals surface area contributed by atoms with Gasteiger partial charge < -0.3 is 15.8 Å². The van der Waals surface area contributed by atoms with Crippen LogP contribution in [0.25, 0.3) is 10.6 Å². The van der Waals surface area contributed by atoms with Crippen LogP contribution in [0.1, 0.15) is 42.3 Å². The molecule has 2 atom stereocenters. The number of thiazole rings is 1. The lowest BCUT2D eigenvalue weighted by molar-refractivity contribution is -0.125. The lowest BCUT2D eigenvalue weighted by Gasteiger charge is -2.29. The predicted octanol–water partition coefficient (Wildman–Crippen LogP) is 3.62. The highest BCUT2D eigenvalue weighted by atomic mass is 35.5. The average Bonchev–Trinajstić information content (AvgIpc) is 3.14. The number of nitrogens with zero attached hydrogens (tertiary/aromatic N) is 1. The molecular formula is C20H25ClFN3O2S. The monoisotopic (exact) mass is 425 g/mol. The van der Waals surface area contributed by atoms with E-state index >= 15 is 0 Å². The molecule has 0 saturated carbocycles. The molecule has 2 aromatic rings. The van der Waals surface area contributed by atoms with E-state index in [1.165, 1.54) is 12.1 Å². The van der Waals surface area contributed by atoms with Crippen LogP contribution in [-0.2, 0) is 16.0 Å². The highest BCUT2D eigenvalue weighted by molar-refractivity contribution is 7.15. The maximum atomic E-state index is 13.2. The molecule has 1 aliphatic heterocycles. The average molecular weight is 426 g/mol. The molecule has 1 amide bonds. The van der Waals surface area contributed by atoms with Crippen LogP contribution in [0.3, 0.4) is 0 Å². The minimum atomic E-state index is -0.497. The van der Waals surface area contributed by atoms with Gasteiger partial charge in [0.2, 0.25) is 5.91 Å². The van der Waals surface area contributed by atoms with Crippen LogP contribution in [0, 0.1) is 11.7 Å². The number of nitrogens with two attached hydrogens (primary N) is 1. The lowest BCUT2D eigenvalue weighted by Crippen LogP contribution is -2.48. The Bertz CT molecular complexity index is 808. The first-order valence-corrected chi connectivity index (χ1v) is 10.3. The maximum Gasteiger partial charge on any atom is 0.237 e. The van der Waals surface area contributed by atoms with Gasteiger partial charge in [-0.1, -0.05) is 0 Å². The second-order valence-corrected chi connectivity index (χ2v) is 8.30.